The third-order valence-electron chi connectivity index (χ3n) is 9.27. The first-order valence-corrected chi connectivity index (χ1v) is 15.2. The van der Waals surface area contributed by atoms with Gasteiger partial charge in [0.25, 0.3) is 0 Å². The van der Waals surface area contributed by atoms with Crippen molar-refractivity contribution in [2.24, 2.45) is 5.92 Å². The Bertz CT molecular complexity index is 1300. The standard InChI is InChI=1S/C30H38N2O4S/c1-4-16-31-17-15-29-27-23-11-8-12-25(27)36-28(29)24(13-14-30(29,33)26(31)18-23)32(19-21(2)3)37(34,35)20-22-9-6-5-7-10-22/h4-12,21,24,26,28,33H,1,13-20H2,2-3H3/t24-,26-,28+,29+,30-/m1/s1. The monoisotopic (exact) mass is 522 g/mol. The first-order valence-electron chi connectivity index (χ1n) is 13.6. The molecular formula is C30H38N2O4S. The summed E-state index contributed by atoms with van der Waals surface area (Å²) >= 11 is 0. The molecule has 2 aromatic carbocycles. The Hall–Kier alpha value is -2.19. The topological polar surface area (TPSA) is 70.1 Å². The van der Waals surface area contributed by atoms with Gasteiger partial charge in [0.15, 0.2) is 0 Å². The van der Waals surface area contributed by atoms with E-state index in [-0.39, 0.29) is 23.8 Å². The van der Waals surface area contributed by atoms with Gasteiger partial charge in [0.05, 0.1) is 22.8 Å². The molecule has 198 valence electrons. The van der Waals surface area contributed by atoms with Crippen molar-refractivity contribution in [2.75, 3.05) is 19.6 Å². The molecule has 0 radical (unpaired) electrons. The van der Waals surface area contributed by atoms with Crippen LogP contribution in [-0.2, 0) is 27.6 Å². The second-order valence-electron chi connectivity index (χ2n) is 11.8. The van der Waals surface area contributed by atoms with E-state index < -0.39 is 27.1 Å². The predicted octanol–water partition coefficient (Wildman–Crippen LogP) is 3.88. The molecule has 6 nitrogen and oxygen atoms in total. The number of benzene rings is 2. The Morgan fingerprint density at radius 3 is 2.70 bits per heavy atom. The maximum atomic E-state index is 14.0. The highest BCUT2D eigenvalue weighted by Gasteiger charge is 2.73. The van der Waals surface area contributed by atoms with Gasteiger partial charge in [-0.25, -0.2) is 8.42 Å². The fraction of sp³-hybridized carbons (Fsp3) is 0.533. The van der Waals surface area contributed by atoms with Crippen molar-refractivity contribution in [3.8, 4) is 5.75 Å². The number of piperidine rings is 1. The SMILES string of the molecule is C=CCN1CC[C@]23c4c5cccc4O[C@H]2[C@H](N(CC(C)C)S(=O)(=O)Cc2ccccc2)CC[C@@]3(O)[C@H]1C5. The summed E-state index contributed by atoms with van der Waals surface area (Å²) in [4.78, 5) is 2.36. The molecule has 1 N–H and O–H groups in total. The quantitative estimate of drug-likeness (QED) is 0.533. The highest BCUT2D eigenvalue weighted by Crippen LogP contribution is 2.64. The lowest BCUT2D eigenvalue weighted by Crippen LogP contribution is -2.78. The first-order chi connectivity index (χ1) is 17.7. The van der Waals surface area contributed by atoms with Gasteiger partial charge in [0.1, 0.15) is 11.9 Å². The number of sulfonamides is 1. The van der Waals surface area contributed by atoms with Crippen LogP contribution in [0.25, 0.3) is 0 Å². The van der Waals surface area contributed by atoms with Crippen LogP contribution in [0.2, 0.25) is 0 Å². The van der Waals surface area contributed by atoms with E-state index in [4.69, 9.17) is 4.74 Å². The fourth-order valence-corrected chi connectivity index (χ4v) is 9.87. The molecule has 1 saturated heterocycles. The fourth-order valence-electron chi connectivity index (χ4n) is 7.94. The molecule has 2 bridgehead atoms. The molecule has 0 unspecified atom stereocenters. The van der Waals surface area contributed by atoms with Gasteiger partial charge in [-0.15, -0.1) is 6.58 Å². The summed E-state index contributed by atoms with van der Waals surface area (Å²) in [5.74, 6) is 0.958. The minimum atomic E-state index is -3.63. The van der Waals surface area contributed by atoms with E-state index in [0.717, 1.165) is 42.8 Å². The molecule has 5 atom stereocenters. The first kappa shape index (κ1) is 25.1. The summed E-state index contributed by atoms with van der Waals surface area (Å²) < 4.78 is 36.6. The van der Waals surface area contributed by atoms with Crippen molar-refractivity contribution < 1.29 is 18.3 Å². The van der Waals surface area contributed by atoms with Gasteiger partial charge >= 0.3 is 0 Å². The number of aliphatic hydroxyl groups is 1. The predicted molar refractivity (Wildman–Crippen MR) is 145 cm³/mol. The number of rotatable bonds is 8. The number of ether oxygens (including phenoxy) is 1. The molecule has 1 spiro atoms. The zero-order valence-electron chi connectivity index (χ0n) is 21.8. The van der Waals surface area contributed by atoms with Crippen LogP contribution >= 0.6 is 0 Å². The lowest BCUT2D eigenvalue weighted by molar-refractivity contribution is -0.194. The lowest BCUT2D eigenvalue weighted by atomic mass is 9.48. The molecule has 2 aromatic rings. The van der Waals surface area contributed by atoms with Gasteiger partial charge in [0.2, 0.25) is 10.0 Å². The van der Waals surface area contributed by atoms with Crippen LogP contribution < -0.4 is 4.74 Å². The molecular weight excluding hydrogens is 484 g/mol. The molecule has 0 amide bonds. The average molecular weight is 523 g/mol. The van der Waals surface area contributed by atoms with Crippen molar-refractivity contribution in [3.05, 3.63) is 77.9 Å². The lowest BCUT2D eigenvalue weighted by Gasteiger charge is -2.64. The van der Waals surface area contributed by atoms with E-state index >= 15 is 0 Å². The molecule has 2 fully saturated rings. The zero-order chi connectivity index (χ0) is 26.0. The highest BCUT2D eigenvalue weighted by molar-refractivity contribution is 7.88. The van der Waals surface area contributed by atoms with Crippen molar-refractivity contribution in [1.82, 2.24) is 9.21 Å². The van der Waals surface area contributed by atoms with Crippen LogP contribution in [0.4, 0.5) is 0 Å². The summed E-state index contributed by atoms with van der Waals surface area (Å²) in [6.45, 7) is 10.1. The van der Waals surface area contributed by atoms with Crippen molar-refractivity contribution in [2.45, 2.75) is 74.5 Å². The molecule has 1 saturated carbocycles. The third kappa shape index (κ3) is 3.65. The van der Waals surface area contributed by atoms with Crippen molar-refractivity contribution in [1.29, 1.82) is 0 Å². The van der Waals surface area contributed by atoms with Gasteiger partial charge in [-0.2, -0.15) is 4.31 Å². The third-order valence-corrected chi connectivity index (χ3v) is 11.1. The van der Waals surface area contributed by atoms with Crippen LogP contribution in [0.15, 0.2) is 61.2 Å². The van der Waals surface area contributed by atoms with E-state index in [0.29, 0.717) is 19.4 Å². The van der Waals surface area contributed by atoms with Gasteiger partial charge in [-0.3, -0.25) is 4.90 Å². The average Bonchev–Trinajstić information content (AvgIpc) is 3.20. The normalized spacial score (nSPS) is 32.3. The minimum Gasteiger partial charge on any atom is -0.487 e. The summed E-state index contributed by atoms with van der Waals surface area (Å²) in [7, 11) is -3.63. The molecule has 0 aromatic heterocycles. The van der Waals surface area contributed by atoms with E-state index in [1.807, 2.05) is 48.5 Å². The van der Waals surface area contributed by atoms with E-state index in [1.165, 1.54) is 5.56 Å². The van der Waals surface area contributed by atoms with Gasteiger partial charge in [0, 0.05) is 24.7 Å². The largest absolute Gasteiger partial charge is 0.487 e. The van der Waals surface area contributed by atoms with Gasteiger partial charge in [-0.1, -0.05) is 62.4 Å². The maximum absolute atomic E-state index is 14.0. The van der Waals surface area contributed by atoms with Crippen LogP contribution in [0.1, 0.15) is 49.8 Å². The van der Waals surface area contributed by atoms with Gasteiger partial charge < -0.3 is 9.84 Å². The maximum Gasteiger partial charge on any atom is 0.218 e. The number of nitrogens with zero attached hydrogens (tertiary/aromatic N) is 2. The van der Waals surface area contributed by atoms with E-state index in [9.17, 15) is 13.5 Å². The van der Waals surface area contributed by atoms with Crippen LogP contribution in [-0.4, -0.2) is 66.2 Å². The molecule has 7 heteroatoms. The molecule has 6 rings (SSSR count). The Kier molecular flexibility index (Phi) is 6.07. The Labute approximate surface area is 221 Å². The smallest absolute Gasteiger partial charge is 0.218 e. The molecule has 2 aliphatic heterocycles. The van der Waals surface area contributed by atoms with Crippen molar-refractivity contribution in [3.63, 3.8) is 0 Å². The summed E-state index contributed by atoms with van der Waals surface area (Å²) in [6, 6.07) is 15.3. The number of likely N-dealkylation sites (tertiary alicyclic amines) is 1. The molecule has 4 aliphatic rings. The summed E-state index contributed by atoms with van der Waals surface area (Å²) in [6.07, 6.45) is 4.15. The summed E-state index contributed by atoms with van der Waals surface area (Å²) in [5, 5.41) is 12.6. The highest BCUT2D eigenvalue weighted by atomic mass is 32.2. The zero-order valence-corrected chi connectivity index (χ0v) is 22.7. The van der Waals surface area contributed by atoms with Crippen molar-refractivity contribution >= 4 is 10.0 Å². The Balaban J connectivity index is 1.45. The van der Waals surface area contributed by atoms with Crippen LogP contribution in [0, 0.1) is 5.92 Å². The van der Waals surface area contributed by atoms with Gasteiger partial charge in [-0.05, 0) is 55.3 Å². The van der Waals surface area contributed by atoms with Crippen LogP contribution in [0.5, 0.6) is 5.75 Å². The van der Waals surface area contributed by atoms with E-state index in [1.54, 1.807) is 4.31 Å². The molecule has 2 heterocycles. The van der Waals surface area contributed by atoms with Crippen LogP contribution in [0.3, 0.4) is 0 Å². The Morgan fingerprint density at radius 2 is 1.97 bits per heavy atom. The Morgan fingerprint density at radius 1 is 1.19 bits per heavy atom. The minimum absolute atomic E-state index is 0.0328. The second-order valence-corrected chi connectivity index (χ2v) is 13.7. The second kappa shape index (κ2) is 8.94. The summed E-state index contributed by atoms with van der Waals surface area (Å²) in [5.41, 5.74) is 1.56. The number of hydrogen-bond donors (Lipinski definition) is 1. The molecule has 37 heavy (non-hydrogen) atoms. The number of hydrogen-bond acceptors (Lipinski definition) is 5. The molecule has 2 aliphatic carbocycles. The van der Waals surface area contributed by atoms with E-state index in [2.05, 4.69) is 31.4 Å².